The summed E-state index contributed by atoms with van der Waals surface area (Å²) < 4.78 is 0. The zero-order valence-electron chi connectivity index (χ0n) is 4.26. The SMILES string of the molecule is CCC(C=O)C=O. The molecule has 0 aliphatic heterocycles. The van der Waals surface area contributed by atoms with Gasteiger partial charge in [-0.25, -0.2) is 0 Å². The van der Waals surface area contributed by atoms with Gasteiger partial charge in [-0.2, -0.15) is 0 Å². The average molecular weight is 100 g/mol. The third-order valence-electron chi connectivity index (χ3n) is 0.821. The van der Waals surface area contributed by atoms with Crippen LogP contribution in [0.3, 0.4) is 0 Å². The highest BCUT2D eigenvalue weighted by Gasteiger charge is 1.97. The fourth-order valence-corrected chi connectivity index (χ4v) is 0.225. The van der Waals surface area contributed by atoms with E-state index in [4.69, 9.17) is 0 Å². The molecule has 40 valence electrons. The predicted octanol–water partition coefficient (Wildman–Crippen LogP) is 0.410. The molecule has 0 bridgehead atoms. The van der Waals surface area contributed by atoms with Crippen LogP contribution in [0.15, 0.2) is 0 Å². The molecule has 0 saturated heterocycles. The largest absolute Gasteiger partial charge is 0.303 e. The Hall–Kier alpha value is -0.660. The van der Waals surface area contributed by atoms with Crippen LogP contribution in [-0.2, 0) is 9.59 Å². The van der Waals surface area contributed by atoms with Gasteiger partial charge in [0.15, 0.2) is 0 Å². The number of carbonyl (C=O) groups is 2. The number of hydrogen-bond acceptors (Lipinski definition) is 2. The summed E-state index contributed by atoms with van der Waals surface area (Å²) in [5, 5.41) is 0. The summed E-state index contributed by atoms with van der Waals surface area (Å²) in [4.78, 5) is 19.5. The Bertz CT molecular complexity index is 60.5. The standard InChI is InChI=1S/C5H8O2/c1-2-5(3-6)4-7/h3-5H,2H2,1H3. The lowest BCUT2D eigenvalue weighted by Crippen LogP contribution is -1.99. The lowest BCUT2D eigenvalue weighted by Gasteiger charge is -1.88. The van der Waals surface area contributed by atoms with Gasteiger partial charge < -0.3 is 9.59 Å². The Kier molecular flexibility index (Phi) is 3.19. The molecule has 0 heterocycles. The summed E-state index contributed by atoms with van der Waals surface area (Å²) >= 11 is 0. The molecule has 0 aliphatic rings. The number of rotatable bonds is 3. The fraction of sp³-hybridized carbons (Fsp3) is 0.600. The van der Waals surface area contributed by atoms with Crippen molar-refractivity contribution in [2.24, 2.45) is 5.92 Å². The first-order chi connectivity index (χ1) is 3.35. The third-order valence-corrected chi connectivity index (χ3v) is 0.821. The van der Waals surface area contributed by atoms with E-state index in [2.05, 4.69) is 0 Å². The normalized spacial score (nSPS) is 8.86. The van der Waals surface area contributed by atoms with Crippen LogP contribution in [-0.4, -0.2) is 12.6 Å². The van der Waals surface area contributed by atoms with Gasteiger partial charge in [-0.1, -0.05) is 6.92 Å². The van der Waals surface area contributed by atoms with Crippen molar-refractivity contribution in [3.63, 3.8) is 0 Å². The average Bonchev–Trinajstić information content (AvgIpc) is 1.72. The van der Waals surface area contributed by atoms with E-state index in [-0.39, 0.29) is 5.92 Å². The molecule has 0 spiro atoms. The second kappa shape index (κ2) is 3.53. The maximum absolute atomic E-state index is 9.74. The van der Waals surface area contributed by atoms with Crippen molar-refractivity contribution >= 4 is 12.6 Å². The van der Waals surface area contributed by atoms with Crippen LogP contribution in [0.1, 0.15) is 13.3 Å². The first-order valence-electron chi connectivity index (χ1n) is 2.25. The molecule has 0 aliphatic carbocycles. The van der Waals surface area contributed by atoms with Crippen molar-refractivity contribution in [3.05, 3.63) is 0 Å². The molecule has 0 N–H and O–H groups in total. The topological polar surface area (TPSA) is 34.1 Å². The van der Waals surface area contributed by atoms with E-state index in [0.29, 0.717) is 19.0 Å². The molecule has 7 heavy (non-hydrogen) atoms. The molecule has 0 aromatic rings. The smallest absolute Gasteiger partial charge is 0.130 e. The lowest BCUT2D eigenvalue weighted by atomic mass is 10.1. The van der Waals surface area contributed by atoms with Gasteiger partial charge in [0, 0.05) is 0 Å². The maximum atomic E-state index is 9.74. The molecule has 2 heteroatoms. The summed E-state index contributed by atoms with van der Waals surface area (Å²) in [5.74, 6) is -0.375. The molecule has 0 atom stereocenters. The fourth-order valence-electron chi connectivity index (χ4n) is 0.225. The molecule has 0 radical (unpaired) electrons. The van der Waals surface area contributed by atoms with Gasteiger partial charge in [-0.05, 0) is 6.42 Å². The van der Waals surface area contributed by atoms with Crippen molar-refractivity contribution in [2.75, 3.05) is 0 Å². The van der Waals surface area contributed by atoms with Gasteiger partial charge in [-0.15, -0.1) is 0 Å². The Balaban J connectivity index is 3.36. The molecule has 0 rings (SSSR count). The van der Waals surface area contributed by atoms with E-state index in [1.54, 1.807) is 6.92 Å². The van der Waals surface area contributed by atoms with Crippen molar-refractivity contribution in [3.8, 4) is 0 Å². The molecule has 0 unspecified atom stereocenters. The van der Waals surface area contributed by atoms with Crippen molar-refractivity contribution < 1.29 is 9.59 Å². The molecule has 2 nitrogen and oxygen atoms in total. The zero-order valence-corrected chi connectivity index (χ0v) is 4.26. The highest BCUT2D eigenvalue weighted by molar-refractivity contribution is 5.76. The Morgan fingerprint density at radius 3 is 1.86 bits per heavy atom. The van der Waals surface area contributed by atoms with Crippen LogP contribution in [0.25, 0.3) is 0 Å². The van der Waals surface area contributed by atoms with E-state index >= 15 is 0 Å². The van der Waals surface area contributed by atoms with E-state index in [1.807, 2.05) is 0 Å². The second-order valence-corrected chi connectivity index (χ2v) is 1.34. The molecule has 0 fully saturated rings. The van der Waals surface area contributed by atoms with Crippen LogP contribution in [0.2, 0.25) is 0 Å². The first kappa shape index (κ1) is 6.34. The molecule has 0 amide bonds. The molecular weight excluding hydrogens is 92.1 g/mol. The monoisotopic (exact) mass is 100 g/mol. The van der Waals surface area contributed by atoms with E-state index < -0.39 is 0 Å². The summed E-state index contributed by atoms with van der Waals surface area (Å²) in [6, 6.07) is 0. The van der Waals surface area contributed by atoms with E-state index in [9.17, 15) is 9.59 Å². The van der Waals surface area contributed by atoms with Gasteiger partial charge in [0.05, 0.1) is 5.92 Å². The Labute approximate surface area is 42.5 Å². The third kappa shape index (κ3) is 2.09. The first-order valence-corrected chi connectivity index (χ1v) is 2.25. The number of aldehydes is 2. The van der Waals surface area contributed by atoms with Crippen molar-refractivity contribution in [1.29, 1.82) is 0 Å². The van der Waals surface area contributed by atoms with Gasteiger partial charge in [0.25, 0.3) is 0 Å². The summed E-state index contributed by atoms with van der Waals surface area (Å²) in [7, 11) is 0. The van der Waals surface area contributed by atoms with Gasteiger partial charge >= 0.3 is 0 Å². The van der Waals surface area contributed by atoms with E-state index in [1.165, 1.54) is 0 Å². The molecule has 0 aromatic carbocycles. The Morgan fingerprint density at radius 1 is 1.43 bits per heavy atom. The highest BCUT2D eigenvalue weighted by atomic mass is 16.1. The quantitative estimate of drug-likeness (QED) is 0.380. The highest BCUT2D eigenvalue weighted by Crippen LogP contribution is 1.89. The van der Waals surface area contributed by atoms with Crippen LogP contribution < -0.4 is 0 Å². The zero-order chi connectivity index (χ0) is 5.70. The Morgan fingerprint density at radius 2 is 1.86 bits per heavy atom. The predicted molar refractivity (Wildman–Crippen MR) is 25.9 cm³/mol. The van der Waals surface area contributed by atoms with Crippen LogP contribution in [0.4, 0.5) is 0 Å². The van der Waals surface area contributed by atoms with Crippen LogP contribution in [0, 0.1) is 5.92 Å². The number of hydrogen-bond donors (Lipinski definition) is 0. The van der Waals surface area contributed by atoms with Crippen molar-refractivity contribution in [2.45, 2.75) is 13.3 Å². The van der Waals surface area contributed by atoms with Gasteiger partial charge in [-0.3, -0.25) is 0 Å². The summed E-state index contributed by atoms with van der Waals surface area (Å²) in [6.45, 7) is 1.80. The molecule has 0 saturated carbocycles. The maximum Gasteiger partial charge on any atom is 0.130 e. The second-order valence-electron chi connectivity index (χ2n) is 1.34. The summed E-state index contributed by atoms with van der Waals surface area (Å²) in [5.41, 5.74) is 0. The molecular formula is C5H8O2. The number of carbonyl (C=O) groups excluding carboxylic acids is 2. The van der Waals surface area contributed by atoms with Crippen molar-refractivity contribution in [1.82, 2.24) is 0 Å². The minimum atomic E-state index is -0.375. The molecule has 0 aromatic heterocycles. The lowest BCUT2D eigenvalue weighted by molar-refractivity contribution is -0.119. The van der Waals surface area contributed by atoms with Gasteiger partial charge in [0.1, 0.15) is 12.6 Å². The summed E-state index contributed by atoms with van der Waals surface area (Å²) in [6.07, 6.45) is 1.94. The minimum absolute atomic E-state index is 0.375. The van der Waals surface area contributed by atoms with E-state index in [0.717, 1.165) is 0 Å². The minimum Gasteiger partial charge on any atom is -0.303 e. The van der Waals surface area contributed by atoms with Gasteiger partial charge in [0.2, 0.25) is 0 Å². The van der Waals surface area contributed by atoms with Crippen LogP contribution in [0.5, 0.6) is 0 Å². The van der Waals surface area contributed by atoms with Crippen LogP contribution >= 0.6 is 0 Å².